The fourth-order valence-electron chi connectivity index (χ4n) is 4.16. The second kappa shape index (κ2) is 14.8. The van der Waals surface area contributed by atoms with Gasteiger partial charge in [0.2, 0.25) is 0 Å². The monoisotopic (exact) mass is 458 g/mol. The van der Waals surface area contributed by atoms with E-state index in [9.17, 15) is 9.59 Å². The van der Waals surface area contributed by atoms with Gasteiger partial charge in [-0.05, 0) is 12.8 Å². The molecule has 0 aromatic carbocycles. The molecule has 2 fully saturated rings. The first-order valence-corrected chi connectivity index (χ1v) is 12.5. The Morgan fingerprint density at radius 3 is 1.34 bits per heavy atom. The van der Waals surface area contributed by atoms with Crippen LogP contribution in [-0.2, 0) is 28.5 Å². The largest absolute Gasteiger partial charge is 0.460 e. The Balaban J connectivity index is 1.35. The minimum atomic E-state index is -0.0826. The highest BCUT2D eigenvalue weighted by Gasteiger charge is 2.26. The van der Waals surface area contributed by atoms with Gasteiger partial charge in [0.15, 0.2) is 0 Å². The van der Waals surface area contributed by atoms with Crippen LogP contribution in [0.3, 0.4) is 0 Å². The van der Waals surface area contributed by atoms with Crippen molar-refractivity contribution in [1.29, 1.82) is 0 Å². The lowest BCUT2D eigenvalue weighted by molar-refractivity contribution is -0.917. The highest BCUT2D eigenvalue weighted by atomic mass is 16.5. The number of likely N-dealkylation sites (N-methyl/N-ethyl adjacent to an activating group) is 2. The van der Waals surface area contributed by atoms with Crippen molar-refractivity contribution in [2.24, 2.45) is 0 Å². The van der Waals surface area contributed by atoms with Gasteiger partial charge < -0.3 is 27.9 Å². The molecule has 2 rings (SSSR count). The summed E-state index contributed by atoms with van der Waals surface area (Å²) in [6.45, 7) is 9.86. The summed E-state index contributed by atoms with van der Waals surface area (Å²) in [6, 6.07) is 0. The smallest absolute Gasteiger partial charge is 0.305 e. The van der Waals surface area contributed by atoms with Crippen molar-refractivity contribution in [2.45, 2.75) is 51.4 Å². The van der Waals surface area contributed by atoms with E-state index in [1.54, 1.807) is 0 Å². The molecule has 0 unspecified atom stereocenters. The molecule has 2 heterocycles. The molecular formula is C24H46N2O6+2. The Labute approximate surface area is 194 Å². The first kappa shape index (κ1) is 27.0. The Bertz CT molecular complexity index is 497. The molecule has 0 saturated carbocycles. The summed E-state index contributed by atoms with van der Waals surface area (Å²) in [5, 5.41) is 0. The third-order valence-corrected chi connectivity index (χ3v) is 6.90. The Hall–Kier alpha value is -1.22. The molecule has 186 valence electrons. The number of ether oxygens (including phenoxy) is 4. The van der Waals surface area contributed by atoms with Gasteiger partial charge in [-0.2, -0.15) is 0 Å². The summed E-state index contributed by atoms with van der Waals surface area (Å²) in [5.74, 6) is -0.165. The van der Waals surface area contributed by atoms with Gasteiger partial charge >= 0.3 is 11.9 Å². The lowest BCUT2D eigenvalue weighted by atomic mass is 10.1. The summed E-state index contributed by atoms with van der Waals surface area (Å²) >= 11 is 0. The third kappa shape index (κ3) is 11.6. The molecule has 0 aliphatic carbocycles. The zero-order valence-corrected chi connectivity index (χ0v) is 20.5. The first-order chi connectivity index (χ1) is 15.4. The fraction of sp³-hybridized carbons (Fsp3) is 0.917. The van der Waals surface area contributed by atoms with Crippen LogP contribution < -0.4 is 0 Å². The number of rotatable bonds is 15. The number of carbonyl (C=O) groups is 2. The van der Waals surface area contributed by atoms with Crippen LogP contribution in [0.5, 0.6) is 0 Å². The normalized spacial score (nSPS) is 19.9. The van der Waals surface area contributed by atoms with Crippen LogP contribution >= 0.6 is 0 Å². The molecule has 0 amide bonds. The van der Waals surface area contributed by atoms with Gasteiger partial charge in [-0.1, -0.05) is 25.7 Å². The number of nitrogens with zero attached hydrogens (tertiary/aromatic N) is 2. The maximum atomic E-state index is 11.9. The average molecular weight is 459 g/mol. The van der Waals surface area contributed by atoms with Gasteiger partial charge in [0, 0.05) is 12.8 Å². The lowest BCUT2D eigenvalue weighted by Gasteiger charge is -2.37. The average Bonchev–Trinajstić information content (AvgIpc) is 2.76. The van der Waals surface area contributed by atoms with Gasteiger partial charge in [0.05, 0.1) is 40.5 Å². The molecule has 2 saturated heterocycles. The van der Waals surface area contributed by atoms with E-state index in [-0.39, 0.29) is 11.9 Å². The van der Waals surface area contributed by atoms with Crippen LogP contribution in [0.1, 0.15) is 51.4 Å². The van der Waals surface area contributed by atoms with Crippen molar-refractivity contribution in [3.63, 3.8) is 0 Å². The van der Waals surface area contributed by atoms with Gasteiger partial charge in [-0.25, -0.2) is 0 Å². The van der Waals surface area contributed by atoms with E-state index in [0.717, 1.165) is 113 Å². The minimum absolute atomic E-state index is 0.0826. The van der Waals surface area contributed by atoms with Crippen LogP contribution in [0.2, 0.25) is 0 Å². The SMILES string of the molecule is C[N+]1(CCOC(=O)CCCCCCCCC(=O)OCC[N+]2(C)CCOCC2)CCOCC1. The molecule has 0 aromatic rings. The molecule has 0 atom stereocenters. The first-order valence-electron chi connectivity index (χ1n) is 12.5. The van der Waals surface area contributed by atoms with Gasteiger partial charge in [0.1, 0.15) is 52.5 Å². The Morgan fingerprint density at radius 1 is 0.625 bits per heavy atom. The molecular weight excluding hydrogens is 412 g/mol. The standard InChI is InChI=1S/C24H46N2O6/c1-25(11-17-29-18-12-25)15-21-31-23(27)9-7-5-3-4-6-8-10-24(28)32-22-16-26(2)13-19-30-20-14-26/h3-22H2,1-2H3/q+2. The molecule has 0 bridgehead atoms. The summed E-state index contributed by atoms with van der Waals surface area (Å²) < 4.78 is 23.4. The molecule has 32 heavy (non-hydrogen) atoms. The maximum Gasteiger partial charge on any atom is 0.305 e. The van der Waals surface area contributed by atoms with Crippen molar-refractivity contribution < 1.29 is 37.5 Å². The van der Waals surface area contributed by atoms with E-state index in [1.165, 1.54) is 0 Å². The molecule has 0 radical (unpaired) electrons. The number of esters is 2. The number of unbranched alkanes of at least 4 members (excludes halogenated alkanes) is 5. The number of carbonyl (C=O) groups excluding carboxylic acids is 2. The van der Waals surface area contributed by atoms with Crippen molar-refractivity contribution in [2.75, 3.05) is 93.0 Å². The predicted octanol–water partition coefficient (Wildman–Crippen LogP) is 2.15. The van der Waals surface area contributed by atoms with E-state index < -0.39 is 0 Å². The van der Waals surface area contributed by atoms with E-state index in [0.29, 0.717) is 26.1 Å². The fourth-order valence-corrected chi connectivity index (χ4v) is 4.16. The molecule has 8 heteroatoms. The van der Waals surface area contributed by atoms with Crippen molar-refractivity contribution in [3.05, 3.63) is 0 Å². The molecule has 2 aliphatic heterocycles. The second-order valence-corrected chi connectivity index (χ2v) is 9.87. The lowest BCUT2D eigenvalue weighted by Crippen LogP contribution is -2.53. The van der Waals surface area contributed by atoms with Crippen molar-refractivity contribution in [1.82, 2.24) is 0 Å². The molecule has 0 N–H and O–H groups in total. The highest BCUT2D eigenvalue weighted by molar-refractivity contribution is 5.69. The highest BCUT2D eigenvalue weighted by Crippen LogP contribution is 2.11. The number of morpholine rings is 2. The van der Waals surface area contributed by atoms with E-state index in [2.05, 4.69) is 14.1 Å². The topological polar surface area (TPSA) is 71.1 Å². The van der Waals surface area contributed by atoms with Gasteiger partial charge in [-0.3, -0.25) is 9.59 Å². The van der Waals surface area contributed by atoms with E-state index in [4.69, 9.17) is 18.9 Å². The van der Waals surface area contributed by atoms with Crippen LogP contribution in [-0.4, -0.2) is 114 Å². The summed E-state index contributed by atoms with van der Waals surface area (Å²) in [7, 11) is 4.39. The summed E-state index contributed by atoms with van der Waals surface area (Å²) in [5.41, 5.74) is 0. The summed E-state index contributed by atoms with van der Waals surface area (Å²) in [4.78, 5) is 23.8. The molecule has 8 nitrogen and oxygen atoms in total. The van der Waals surface area contributed by atoms with Crippen LogP contribution in [0.15, 0.2) is 0 Å². The van der Waals surface area contributed by atoms with Crippen molar-refractivity contribution in [3.8, 4) is 0 Å². The third-order valence-electron chi connectivity index (χ3n) is 6.90. The number of hydrogen-bond acceptors (Lipinski definition) is 6. The molecule has 0 aromatic heterocycles. The van der Waals surface area contributed by atoms with Crippen LogP contribution in [0.25, 0.3) is 0 Å². The predicted molar refractivity (Wildman–Crippen MR) is 122 cm³/mol. The van der Waals surface area contributed by atoms with Crippen LogP contribution in [0, 0.1) is 0 Å². The second-order valence-electron chi connectivity index (χ2n) is 9.87. The maximum absolute atomic E-state index is 11.9. The van der Waals surface area contributed by atoms with Gasteiger partial charge in [0.25, 0.3) is 0 Å². The van der Waals surface area contributed by atoms with Gasteiger partial charge in [-0.15, -0.1) is 0 Å². The molecule has 2 aliphatic rings. The minimum Gasteiger partial charge on any atom is -0.460 e. The Morgan fingerprint density at radius 2 is 0.969 bits per heavy atom. The van der Waals surface area contributed by atoms with Crippen LogP contribution in [0.4, 0.5) is 0 Å². The van der Waals surface area contributed by atoms with E-state index >= 15 is 0 Å². The number of quaternary nitrogens is 2. The zero-order valence-electron chi connectivity index (χ0n) is 20.5. The van der Waals surface area contributed by atoms with E-state index in [1.807, 2.05) is 0 Å². The summed E-state index contributed by atoms with van der Waals surface area (Å²) in [6.07, 6.45) is 7.01. The zero-order chi connectivity index (χ0) is 23.1. The number of hydrogen-bond donors (Lipinski definition) is 0. The van der Waals surface area contributed by atoms with Crippen molar-refractivity contribution >= 4 is 11.9 Å². The molecule has 0 spiro atoms. The quantitative estimate of drug-likeness (QED) is 0.213. The Kier molecular flexibility index (Phi) is 12.5.